The van der Waals surface area contributed by atoms with Gasteiger partial charge in [-0.2, -0.15) is 0 Å². The van der Waals surface area contributed by atoms with Gasteiger partial charge < -0.3 is 13.9 Å². The molecule has 4 heterocycles. The highest BCUT2D eigenvalue weighted by Crippen LogP contribution is 2.53. The second-order valence-electron chi connectivity index (χ2n) is 16.1. The Morgan fingerprint density at radius 3 is 1.82 bits per heavy atom. The topological polar surface area (TPSA) is 60.0 Å². The van der Waals surface area contributed by atoms with Crippen molar-refractivity contribution in [3.63, 3.8) is 0 Å². The molecule has 0 N–H and O–H groups in total. The van der Waals surface area contributed by atoms with Crippen LogP contribution in [0.25, 0.3) is 83.6 Å². The van der Waals surface area contributed by atoms with Gasteiger partial charge in [-0.3, -0.25) is 0 Å². The summed E-state index contributed by atoms with van der Waals surface area (Å²) in [6.07, 6.45) is 0. The molecule has 1 aliphatic rings. The van der Waals surface area contributed by atoms with Crippen molar-refractivity contribution < 1.29 is 4.42 Å². The van der Waals surface area contributed by atoms with Gasteiger partial charge in [-0.15, -0.1) is 0 Å². The van der Waals surface area contributed by atoms with E-state index in [1.54, 1.807) is 0 Å². The fraction of sp³-hybridized carbons (Fsp3) is 0.0556. The van der Waals surface area contributed by atoms with Crippen LogP contribution in [0.2, 0.25) is 0 Å². The number of nitrogens with zero attached hydrogens (tertiary/aromatic N) is 5. The molecule has 284 valence electrons. The maximum atomic E-state index is 6.75. The van der Waals surface area contributed by atoms with Crippen LogP contribution in [0.1, 0.15) is 25.0 Å². The number of rotatable bonds is 5. The Balaban J connectivity index is 1.06. The van der Waals surface area contributed by atoms with Gasteiger partial charge in [0, 0.05) is 49.5 Å². The summed E-state index contributed by atoms with van der Waals surface area (Å²) in [6.45, 7) is 4.70. The number of furan rings is 1. The summed E-state index contributed by atoms with van der Waals surface area (Å²) in [5, 5.41) is 4.44. The van der Waals surface area contributed by atoms with Crippen LogP contribution in [0, 0.1) is 0 Å². The zero-order valence-electron chi connectivity index (χ0n) is 33.0. The Hall–Kier alpha value is -7.83. The molecule has 0 bridgehead atoms. The molecule has 0 radical (unpaired) electrons. The average molecular weight is 772 g/mol. The third kappa shape index (κ3) is 5.17. The Labute approximate surface area is 346 Å². The first-order chi connectivity index (χ1) is 29.5. The van der Waals surface area contributed by atoms with Crippen LogP contribution in [-0.2, 0) is 5.41 Å². The lowest BCUT2D eigenvalue weighted by molar-refractivity contribution is 0.632. The maximum absolute atomic E-state index is 6.75. The largest absolute Gasteiger partial charge is 0.455 e. The molecule has 1 aliphatic heterocycles. The Morgan fingerprint density at radius 1 is 0.433 bits per heavy atom. The Kier molecular flexibility index (Phi) is 7.47. The van der Waals surface area contributed by atoms with Gasteiger partial charge in [0.25, 0.3) is 0 Å². The summed E-state index contributed by atoms with van der Waals surface area (Å²) >= 11 is 0. The number of fused-ring (bicyclic) bond motifs is 8. The van der Waals surface area contributed by atoms with Crippen molar-refractivity contribution in [3.8, 4) is 39.9 Å². The summed E-state index contributed by atoms with van der Waals surface area (Å²) in [5.41, 5.74) is 13.5. The molecule has 0 saturated carbocycles. The van der Waals surface area contributed by atoms with E-state index < -0.39 is 0 Å². The lowest BCUT2D eigenvalue weighted by Crippen LogP contribution is -2.30. The normalized spacial score (nSPS) is 13.3. The summed E-state index contributed by atoms with van der Waals surface area (Å²) in [4.78, 5) is 17.4. The molecule has 12 rings (SSSR count). The first-order valence-corrected chi connectivity index (χ1v) is 20.4. The van der Waals surface area contributed by atoms with E-state index >= 15 is 0 Å². The third-order valence-corrected chi connectivity index (χ3v) is 12.2. The van der Waals surface area contributed by atoms with E-state index in [0.29, 0.717) is 17.5 Å². The standard InChI is InChI=1S/C54H37N5O/c1-54(2)43-26-13-15-28-46(43)58(36-21-10-5-11-22-36)48-32-41-38-23-12-14-27-45(38)59(47(41)33-44(48)54)37-29-30-49-42(31-37)39-24-16-25-40(50(39)60-49)53-56-51(34-17-6-3-7-18-34)55-52(57-53)35-19-8-4-9-20-35/h3-33H,1-2H3. The Bertz CT molecular complexity index is 3400. The van der Waals surface area contributed by atoms with Crippen LogP contribution >= 0.6 is 0 Å². The van der Waals surface area contributed by atoms with E-state index in [4.69, 9.17) is 19.4 Å². The minimum Gasteiger partial charge on any atom is -0.455 e. The molecule has 6 heteroatoms. The third-order valence-electron chi connectivity index (χ3n) is 12.2. The molecule has 0 fully saturated rings. The fourth-order valence-corrected chi connectivity index (χ4v) is 9.33. The van der Waals surface area contributed by atoms with Crippen LogP contribution < -0.4 is 4.90 Å². The van der Waals surface area contributed by atoms with E-state index in [-0.39, 0.29) is 5.41 Å². The summed E-state index contributed by atoms with van der Waals surface area (Å²) in [7, 11) is 0. The van der Waals surface area contributed by atoms with Gasteiger partial charge in [0.15, 0.2) is 17.5 Å². The minimum atomic E-state index is -0.246. The molecule has 0 amide bonds. The molecule has 11 aromatic rings. The first-order valence-electron chi connectivity index (χ1n) is 20.4. The Morgan fingerprint density at radius 2 is 1.07 bits per heavy atom. The molecule has 60 heavy (non-hydrogen) atoms. The number of aromatic nitrogens is 4. The first kappa shape index (κ1) is 34.2. The van der Waals surface area contributed by atoms with Crippen molar-refractivity contribution >= 4 is 60.8 Å². The van der Waals surface area contributed by atoms with Gasteiger partial charge in [0.05, 0.1) is 28.0 Å². The van der Waals surface area contributed by atoms with Gasteiger partial charge in [0.2, 0.25) is 0 Å². The van der Waals surface area contributed by atoms with E-state index in [2.05, 4.69) is 145 Å². The molecule has 0 aliphatic carbocycles. The second kappa shape index (κ2) is 13.1. The molecule has 3 aromatic heterocycles. The monoisotopic (exact) mass is 771 g/mol. The highest BCUT2D eigenvalue weighted by Gasteiger charge is 2.37. The molecular weight excluding hydrogens is 735 g/mol. The molecule has 0 spiro atoms. The van der Waals surface area contributed by atoms with E-state index in [9.17, 15) is 0 Å². The van der Waals surface area contributed by atoms with E-state index in [1.807, 2.05) is 66.7 Å². The average Bonchev–Trinajstić information content (AvgIpc) is 3.84. The van der Waals surface area contributed by atoms with Gasteiger partial charge in [-0.1, -0.05) is 141 Å². The zero-order chi connectivity index (χ0) is 40.0. The second-order valence-corrected chi connectivity index (χ2v) is 16.1. The van der Waals surface area contributed by atoms with Crippen LogP contribution in [0.5, 0.6) is 0 Å². The number of para-hydroxylation sites is 4. The molecule has 6 nitrogen and oxygen atoms in total. The molecule has 0 saturated heterocycles. The number of anilines is 3. The summed E-state index contributed by atoms with van der Waals surface area (Å²) in [5.74, 6) is 1.79. The van der Waals surface area contributed by atoms with Crippen LogP contribution in [0.15, 0.2) is 192 Å². The number of hydrogen-bond acceptors (Lipinski definition) is 5. The van der Waals surface area contributed by atoms with Crippen molar-refractivity contribution in [3.05, 3.63) is 199 Å². The predicted molar refractivity (Wildman–Crippen MR) is 245 cm³/mol. The van der Waals surface area contributed by atoms with Gasteiger partial charge in [0.1, 0.15) is 11.2 Å². The SMILES string of the molecule is CC1(C)c2ccccc2N(c2ccccc2)c2cc3c4ccccc4n(-c4ccc5oc6c(-c7nc(-c8ccccc8)nc(-c8ccccc8)n7)cccc6c5c4)c3cc21. The van der Waals surface area contributed by atoms with Gasteiger partial charge in [-0.05, 0) is 71.8 Å². The minimum absolute atomic E-state index is 0.246. The number of hydrogen-bond donors (Lipinski definition) is 0. The molecule has 0 unspecified atom stereocenters. The number of benzene rings is 8. The van der Waals surface area contributed by atoms with Gasteiger partial charge >= 0.3 is 0 Å². The lowest BCUT2D eigenvalue weighted by atomic mass is 9.73. The summed E-state index contributed by atoms with van der Waals surface area (Å²) in [6, 6.07) is 66.1. The zero-order valence-corrected chi connectivity index (χ0v) is 33.0. The van der Waals surface area contributed by atoms with Gasteiger partial charge in [-0.25, -0.2) is 15.0 Å². The lowest BCUT2D eigenvalue weighted by Gasteiger charge is -2.42. The fourth-order valence-electron chi connectivity index (χ4n) is 9.33. The van der Waals surface area contributed by atoms with Crippen LogP contribution in [0.3, 0.4) is 0 Å². The molecule has 0 atom stereocenters. The molecule has 8 aromatic carbocycles. The van der Waals surface area contributed by atoms with Crippen molar-refractivity contribution in [2.45, 2.75) is 19.3 Å². The van der Waals surface area contributed by atoms with E-state index in [0.717, 1.165) is 61.0 Å². The highest BCUT2D eigenvalue weighted by atomic mass is 16.3. The summed E-state index contributed by atoms with van der Waals surface area (Å²) < 4.78 is 9.17. The molecular formula is C54H37N5O. The maximum Gasteiger partial charge on any atom is 0.167 e. The van der Waals surface area contributed by atoms with Crippen molar-refractivity contribution in [2.24, 2.45) is 0 Å². The van der Waals surface area contributed by atoms with Crippen molar-refractivity contribution in [1.82, 2.24) is 19.5 Å². The van der Waals surface area contributed by atoms with Crippen molar-refractivity contribution in [2.75, 3.05) is 4.90 Å². The highest BCUT2D eigenvalue weighted by molar-refractivity contribution is 6.13. The predicted octanol–water partition coefficient (Wildman–Crippen LogP) is 14.0. The smallest absolute Gasteiger partial charge is 0.167 e. The van der Waals surface area contributed by atoms with E-state index in [1.165, 1.54) is 33.3 Å². The van der Waals surface area contributed by atoms with Crippen molar-refractivity contribution in [1.29, 1.82) is 0 Å². The van der Waals surface area contributed by atoms with Crippen LogP contribution in [-0.4, -0.2) is 19.5 Å². The quantitative estimate of drug-likeness (QED) is 0.174. The van der Waals surface area contributed by atoms with Crippen LogP contribution in [0.4, 0.5) is 17.1 Å².